The number of carbonyl (C=O) groups is 8. The molecule has 2 aromatic carbocycles. The number of rotatable bonds is 42. The molecule has 2 aromatic rings. The standard InChI is InChI=1S/C60H103N13O10S/c1-38(2)31-44(36-73(37-53(65)74)84(82,83)45-26-24-42(9)25-27-45)66-55(76)47(21-13-16-28-61)67-56(77)48(22-14-17-29-62)68-59(80)51(33-40(5)6)72-60(81)52(34-41(7)8)71-57(78)49(23-15-18-30-63)69-58(79)50(32-39(3)4)70-54(75)46(64)35-43-19-11-10-12-20-43/h10-12,19-20,24-27,38-41,44,46-52H,13-18,21-23,28-37,61-64H2,1-9H3,(H2,65,74)(H,66,76)(H,67,77)(H,68,80)(H,69,79)(H,70,75)(H,71,78)(H,72,81)/t44-,46-,47-,48-,49-,50-,51-,52-/m0/s1. The number of amides is 8. The lowest BCUT2D eigenvalue weighted by Crippen LogP contribution is -2.60. The predicted octanol–water partition coefficient (Wildman–Crippen LogP) is 2.01. The third-order valence-electron chi connectivity index (χ3n) is 13.9. The third kappa shape index (κ3) is 28.2. The van der Waals surface area contributed by atoms with Crippen LogP contribution >= 0.6 is 0 Å². The van der Waals surface area contributed by atoms with Gasteiger partial charge < -0.3 is 65.9 Å². The molecule has 0 saturated carbocycles. The van der Waals surface area contributed by atoms with Gasteiger partial charge in [-0.25, -0.2) is 8.42 Å². The molecule has 8 atom stereocenters. The van der Waals surface area contributed by atoms with Crippen LogP contribution in [-0.4, -0.2) is 141 Å². The van der Waals surface area contributed by atoms with E-state index in [9.17, 15) is 46.8 Å². The van der Waals surface area contributed by atoms with Crippen LogP contribution in [0.2, 0.25) is 0 Å². The zero-order chi connectivity index (χ0) is 63.1. The summed E-state index contributed by atoms with van der Waals surface area (Å²) in [6, 6.07) is 6.60. The van der Waals surface area contributed by atoms with Crippen molar-refractivity contribution < 1.29 is 46.8 Å². The molecule has 0 aliphatic heterocycles. The van der Waals surface area contributed by atoms with Crippen molar-refractivity contribution in [1.29, 1.82) is 0 Å². The minimum Gasteiger partial charge on any atom is -0.369 e. The normalized spacial score (nSPS) is 14.6. The van der Waals surface area contributed by atoms with E-state index in [1.165, 1.54) is 12.1 Å². The van der Waals surface area contributed by atoms with Crippen LogP contribution in [0.15, 0.2) is 59.5 Å². The van der Waals surface area contributed by atoms with Gasteiger partial charge in [0.2, 0.25) is 57.3 Å². The molecule has 2 rings (SSSR count). The highest BCUT2D eigenvalue weighted by atomic mass is 32.2. The van der Waals surface area contributed by atoms with E-state index >= 15 is 0 Å². The number of hydrogen-bond acceptors (Lipinski definition) is 14. The quantitative estimate of drug-likeness (QED) is 0.0424. The Morgan fingerprint density at radius 1 is 0.464 bits per heavy atom. The second-order valence-electron chi connectivity index (χ2n) is 23.8. The number of aryl methyl sites for hydroxylation is 1. The number of nitrogens with zero attached hydrogens (tertiary/aromatic N) is 1. The Bertz CT molecular complexity index is 2470. The summed E-state index contributed by atoms with van der Waals surface area (Å²) in [5.74, 6) is -5.78. The van der Waals surface area contributed by atoms with Crippen LogP contribution in [-0.2, 0) is 54.8 Å². The minimum absolute atomic E-state index is 0.0365. The summed E-state index contributed by atoms with van der Waals surface area (Å²) in [6.45, 7) is 16.8. The summed E-state index contributed by atoms with van der Waals surface area (Å²) in [4.78, 5) is 112. The van der Waals surface area contributed by atoms with Crippen molar-refractivity contribution in [1.82, 2.24) is 41.5 Å². The predicted molar refractivity (Wildman–Crippen MR) is 327 cm³/mol. The molecule has 0 aliphatic rings. The van der Waals surface area contributed by atoms with Crippen LogP contribution in [0.25, 0.3) is 0 Å². The summed E-state index contributed by atoms with van der Waals surface area (Å²) < 4.78 is 28.8. The molecule has 0 bridgehead atoms. The van der Waals surface area contributed by atoms with Gasteiger partial charge in [-0.2, -0.15) is 4.31 Å². The van der Waals surface area contributed by atoms with Gasteiger partial charge in [-0.3, -0.25) is 38.4 Å². The van der Waals surface area contributed by atoms with Crippen LogP contribution in [0, 0.1) is 30.6 Å². The largest absolute Gasteiger partial charge is 0.369 e. The zero-order valence-electron chi connectivity index (χ0n) is 51.4. The highest BCUT2D eigenvalue weighted by Crippen LogP contribution is 2.20. The first-order valence-electron chi connectivity index (χ1n) is 30.0. The van der Waals surface area contributed by atoms with E-state index in [2.05, 4.69) is 37.2 Å². The number of unbranched alkanes of at least 4 members (excludes halogenated alkanes) is 3. The van der Waals surface area contributed by atoms with Crippen LogP contribution in [0.1, 0.15) is 150 Å². The average Bonchev–Trinajstić information content (AvgIpc) is 2.64. The van der Waals surface area contributed by atoms with Crippen LogP contribution in [0.4, 0.5) is 0 Å². The van der Waals surface area contributed by atoms with Crippen LogP contribution in [0.3, 0.4) is 0 Å². The molecular weight excluding hydrogens is 1090 g/mol. The summed E-state index contributed by atoms with van der Waals surface area (Å²) in [6.07, 6.45) is 4.25. The molecule has 24 heteroatoms. The lowest BCUT2D eigenvalue weighted by Gasteiger charge is -2.30. The van der Waals surface area contributed by atoms with E-state index in [0.717, 1.165) is 15.4 Å². The van der Waals surface area contributed by atoms with Gasteiger partial charge in [-0.1, -0.05) is 103 Å². The van der Waals surface area contributed by atoms with Crippen molar-refractivity contribution in [3.63, 3.8) is 0 Å². The SMILES string of the molecule is Cc1ccc(S(=O)(=O)N(CC(N)=O)C[C@H](CC(C)C)NC(=O)[C@H](CCCCN)NC(=O)[C@H](CCCCN)NC(=O)[C@H](CC(C)C)NC(=O)[C@H](CC(C)C)NC(=O)[C@H](CCCCN)NC(=O)[C@H](CC(C)C)NC(=O)[C@@H](N)Cc2ccccc2)cc1. The maximum absolute atomic E-state index is 14.5. The molecular formula is C60H103N13O10S. The Kier molecular flexibility index (Phi) is 34.2. The van der Waals surface area contributed by atoms with Crippen molar-refractivity contribution in [2.24, 2.45) is 52.3 Å². The molecule has 0 radical (unpaired) electrons. The second kappa shape index (κ2) is 38.8. The number of hydrogen-bond donors (Lipinski definition) is 12. The van der Waals surface area contributed by atoms with Crippen molar-refractivity contribution in [3.8, 4) is 0 Å². The first-order chi connectivity index (χ1) is 39.6. The van der Waals surface area contributed by atoms with Gasteiger partial charge in [0.1, 0.15) is 36.3 Å². The van der Waals surface area contributed by atoms with Crippen molar-refractivity contribution in [2.75, 3.05) is 32.7 Å². The Balaban J connectivity index is 2.45. The van der Waals surface area contributed by atoms with Crippen molar-refractivity contribution >= 4 is 57.3 Å². The lowest BCUT2D eigenvalue weighted by atomic mass is 9.98. The monoisotopic (exact) mass is 1200 g/mol. The molecule has 0 unspecified atom stereocenters. The summed E-state index contributed by atoms with van der Waals surface area (Å²) in [5.41, 5.74) is 31.0. The number of nitrogens with two attached hydrogens (primary N) is 5. The molecule has 474 valence electrons. The van der Waals surface area contributed by atoms with Gasteiger partial charge in [0.25, 0.3) is 0 Å². The molecule has 0 aliphatic carbocycles. The third-order valence-corrected chi connectivity index (χ3v) is 15.7. The van der Waals surface area contributed by atoms with Crippen LogP contribution in [0.5, 0.6) is 0 Å². The first-order valence-corrected chi connectivity index (χ1v) is 31.4. The first kappa shape index (κ1) is 74.1. The Labute approximate surface area is 499 Å². The topological polar surface area (TPSA) is 388 Å². The Hall–Kier alpha value is -6.05. The molecule has 0 fully saturated rings. The lowest BCUT2D eigenvalue weighted by molar-refractivity contribution is -0.136. The highest BCUT2D eigenvalue weighted by molar-refractivity contribution is 7.89. The minimum atomic E-state index is -4.27. The van der Waals surface area contributed by atoms with E-state index in [-0.39, 0.29) is 86.5 Å². The molecule has 0 saturated heterocycles. The van der Waals surface area contributed by atoms with E-state index < -0.39 is 112 Å². The molecule has 0 aromatic heterocycles. The molecule has 23 nitrogen and oxygen atoms in total. The van der Waals surface area contributed by atoms with Crippen molar-refractivity contribution in [2.45, 2.75) is 205 Å². The van der Waals surface area contributed by atoms with E-state index in [0.29, 0.717) is 58.2 Å². The molecule has 0 spiro atoms. The second-order valence-corrected chi connectivity index (χ2v) is 25.8. The zero-order valence-corrected chi connectivity index (χ0v) is 52.2. The van der Waals surface area contributed by atoms with Gasteiger partial charge in [-0.05, 0) is 158 Å². The van der Waals surface area contributed by atoms with Crippen molar-refractivity contribution in [3.05, 3.63) is 65.7 Å². The number of nitrogens with one attached hydrogen (secondary N) is 7. The van der Waals surface area contributed by atoms with Crippen LogP contribution < -0.4 is 65.9 Å². The van der Waals surface area contributed by atoms with Gasteiger partial charge >= 0.3 is 0 Å². The number of primary amides is 1. The fraction of sp³-hybridized carbons (Fsp3) is 0.667. The molecule has 0 heterocycles. The maximum atomic E-state index is 14.5. The van der Waals surface area contributed by atoms with Gasteiger partial charge in [0, 0.05) is 12.6 Å². The Morgan fingerprint density at radius 3 is 1.17 bits per heavy atom. The average molecular weight is 1200 g/mol. The Morgan fingerprint density at radius 2 is 0.810 bits per heavy atom. The maximum Gasteiger partial charge on any atom is 0.243 e. The number of carbonyl (C=O) groups excluding carboxylic acids is 8. The van der Waals surface area contributed by atoms with E-state index in [1.54, 1.807) is 19.1 Å². The summed E-state index contributed by atoms with van der Waals surface area (Å²) in [5, 5.41) is 19.9. The van der Waals surface area contributed by atoms with Gasteiger partial charge in [0.15, 0.2) is 0 Å². The fourth-order valence-electron chi connectivity index (χ4n) is 9.57. The highest BCUT2D eigenvalue weighted by Gasteiger charge is 2.36. The fourth-order valence-corrected chi connectivity index (χ4v) is 11.0. The summed E-state index contributed by atoms with van der Waals surface area (Å²) >= 11 is 0. The number of benzene rings is 2. The molecule has 84 heavy (non-hydrogen) atoms. The van der Waals surface area contributed by atoms with E-state index in [4.69, 9.17) is 28.7 Å². The molecule has 17 N–H and O–H groups in total. The van der Waals surface area contributed by atoms with Gasteiger partial charge in [0.05, 0.1) is 17.5 Å². The van der Waals surface area contributed by atoms with E-state index in [1.807, 2.05) is 85.7 Å². The number of sulfonamides is 1. The smallest absolute Gasteiger partial charge is 0.243 e. The molecule has 8 amide bonds. The van der Waals surface area contributed by atoms with Gasteiger partial charge in [-0.15, -0.1) is 0 Å². The summed E-state index contributed by atoms with van der Waals surface area (Å²) in [7, 11) is -4.27.